The molecule has 0 saturated heterocycles. The molecule has 1 atom stereocenters. The molecule has 3 N–H and O–H groups in total. The van der Waals surface area contributed by atoms with Gasteiger partial charge in [0, 0.05) is 18.2 Å². The molecule has 23 heavy (non-hydrogen) atoms. The van der Waals surface area contributed by atoms with Gasteiger partial charge < -0.3 is 5.73 Å². The summed E-state index contributed by atoms with van der Waals surface area (Å²) in [5, 5.41) is 0. The van der Waals surface area contributed by atoms with Crippen LogP contribution in [0.5, 0.6) is 0 Å². The Balaban J connectivity index is 0.00000264. The molecule has 1 aliphatic carbocycles. The van der Waals surface area contributed by atoms with Crippen LogP contribution in [0.15, 0.2) is 29.2 Å². The highest BCUT2D eigenvalue weighted by Gasteiger charge is 2.27. The van der Waals surface area contributed by atoms with Crippen LogP contribution < -0.4 is 10.5 Å². The van der Waals surface area contributed by atoms with Crippen molar-refractivity contribution in [3.05, 3.63) is 29.8 Å². The highest BCUT2D eigenvalue weighted by Crippen LogP contribution is 2.27. The molecule has 1 aromatic rings. The summed E-state index contributed by atoms with van der Waals surface area (Å²) in [7, 11) is -3.66. The van der Waals surface area contributed by atoms with Gasteiger partial charge in [-0.15, -0.1) is 12.4 Å². The predicted molar refractivity (Wildman–Crippen MR) is 93.4 cm³/mol. The highest BCUT2D eigenvalue weighted by molar-refractivity contribution is 7.89. The number of Topliss-reactive ketones (excluding diaryl/α,β-unsaturated/α-hetero) is 1. The normalized spacial score (nSPS) is 17.3. The Morgan fingerprint density at radius 2 is 1.96 bits per heavy atom. The summed E-state index contributed by atoms with van der Waals surface area (Å²) in [5.41, 5.74) is 6.18. The first-order valence-corrected chi connectivity index (χ1v) is 9.26. The highest BCUT2D eigenvalue weighted by atomic mass is 35.5. The standard InChI is InChI=1S/C16H24N2O3S.ClH/c1-12(19)14-8-5-9-15(10-14)22(20,21)18-16(11-17)13-6-3-2-4-7-13;/h5,8-10,13,16,18H,2-4,6-7,11,17H2,1H3;1H. The Labute approximate surface area is 144 Å². The van der Waals surface area contributed by atoms with E-state index in [1.54, 1.807) is 12.1 Å². The van der Waals surface area contributed by atoms with Gasteiger partial charge in [0.25, 0.3) is 0 Å². The topological polar surface area (TPSA) is 89.3 Å². The summed E-state index contributed by atoms with van der Waals surface area (Å²) in [4.78, 5) is 11.5. The van der Waals surface area contributed by atoms with Gasteiger partial charge in [0.05, 0.1) is 4.90 Å². The number of halogens is 1. The van der Waals surface area contributed by atoms with E-state index >= 15 is 0 Å². The van der Waals surface area contributed by atoms with Crippen molar-refractivity contribution in [2.45, 2.75) is 50.0 Å². The Morgan fingerprint density at radius 3 is 2.52 bits per heavy atom. The van der Waals surface area contributed by atoms with Crippen LogP contribution in [0, 0.1) is 5.92 Å². The largest absolute Gasteiger partial charge is 0.329 e. The maximum Gasteiger partial charge on any atom is 0.240 e. The molecule has 1 aromatic carbocycles. The lowest BCUT2D eigenvalue weighted by atomic mass is 9.84. The van der Waals surface area contributed by atoms with Crippen molar-refractivity contribution in [1.82, 2.24) is 4.72 Å². The molecule has 5 nitrogen and oxygen atoms in total. The van der Waals surface area contributed by atoms with Gasteiger partial charge in [0.2, 0.25) is 10.0 Å². The number of hydrogen-bond acceptors (Lipinski definition) is 4. The number of sulfonamides is 1. The van der Waals surface area contributed by atoms with Crippen LogP contribution in [0.25, 0.3) is 0 Å². The van der Waals surface area contributed by atoms with Gasteiger partial charge >= 0.3 is 0 Å². The van der Waals surface area contributed by atoms with Gasteiger partial charge in [-0.25, -0.2) is 13.1 Å². The second kappa shape index (κ2) is 8.78. The molecule has 0 heterocycles. The molecule has 0 amide bonds. The van der Waals surface area contributed by atoms with Gasteiger partial charge in [-0.2, -0.15) is 0 Å². The summed E-state index contributed by atoms with van der Waals surface area (Å²) in [5.74, 6) is 0.143. The molecule has 130 valence electrons. The van der Waals surface area contributed by atoms with Gasteiger partial charge in [0.15, 0.2) is 5.78 Å². The average molecular weight is 361 g/mol. The Kier molecular flexibility index (Phi) is 7.67. The molecule has 1 aliphatic rings. The first-order chi connectivity index (χ1) is 10.4. The number of nitrogens with two attached hydrogens (primary N) is 1. The van der Waals surface area contributed by atoms with Crippen molar-refractivity contribution >= 4 is 28.2 Å². The second-order valence-corrected chi connectivity index (χ2v) is 7.66. The molecule has 1 unspecified atom stereocenters. The molecular weight excluding hydrogens is 336 g/mol. The Hall–Kier alpha value is -0.950. The molecule has 7 heteroatoms. The van der Waals surface area contributed by atoms with E-state index in [0.717, 1.165) is 25.7 Å². The number of hydrogen-bond donors (Lipinski definition) is 2. The summed E-state index contributed by atoms with van der Waals surface area (Å²) in [6, 6.07) is 5.88. The Morgan fingerprint density at radius 1 is 1.30 bits per heavy atom. The van der Waals surface area contributed by atoms with E-state index in [1.165, 1.54) is 25.5 Å². The van der Waals surface area contributed by atoms with Crippen LogP contribution in [0.1, 0.15) is 49.4 Å². The van der Waals surface area contributed by atoms with Crippen LogP contribution in [-0.2, 0) is 10.0 Å². The van der Waals surface area contributed by atoms with E-state index < -0.39 is 10.0 Å². The molecule has 0 spiro atoms. The van der Waals surface area contributed by atoms with Crippen molar-refractivity contribution < 1.29 is 13.2 Å². The van der Waals surface area contributed by atoms with Crippen molar-refractivity contribution in [2.75, 3.05) is 6.54 Å². The van der Waals surface area contributed by atoms with Gasteiger partial charge in [-0.3, -0.25) is 4.79 Å². The van der Waals surface area contributed by atoms with E-state index in [9.17, 15) is 13.2 Å². The predicted octanol–water partition coefficient (Wildman–Crippen LogP) is 2.50. The zero-order valence-corrected chi connectivity index (χ0v) is 15.0. The van der Waals surface area contributed by atoms with E-state index in [2.05, 4.69) is 4.72 Å². The molecule has 0 aliphatic heterocycles. The first kappa shape index (κ1) is 20.1. The van der Waals surface area contributed by atoms with Crippen LogP contribution in [0.2, 0.25) is 0 Å². The van der Waals surface area contributed by atoms with Gasteiger partial charge in [-0.05, 0) is 37.8 Å². The lowest BCUT2D eigenvalue weighted by Crippen LogP contribution is -2.45. The number of carbonyl (C=O) groups excluding carboxylic acids is 1. The minimum Gasteiger partial charge on any atom is -0.329 e. The fourth-order valence-corrected chi connectivity index (χ4v) is 4.39. The third-order valence-corrected chi connectivity index (χ3v) is 5.82. The quantitative estimate of drug-likeness (QED) is 0.763. The summed E-state index contributed by atoms with van der Waals surface area (Å²) in [6.45, 7) is 1.71. The fourth-order valence-electron chi connectivity index (χ4n) is 3.02. The van der Waals surface area contributed by atoms with Crippen LogP contribution in [0.3, 0.4) is 0 Å². The van der Waals surface area contributed by atoms with Crippen LogP contribution in [0.4, 0.5) is 0 Å². The van der Waals surface area contributed by atoms with Crippen molar-refractivity contribution in [1.29, 1.82) is 0 Å². The third-order valence-electron chi connectivity index (χ3n) is 4.33. The van der Waals surface area contributed by atoms with Crippen LogP contribution in [-0.4, -0.2) is 26.8 Å². The van der Waals surface area contributed by atoms with E-state index in [0.29, 0.717) is 11.5 Å². The van der Waals surface area contributed by atoms with Crippen molar-refractivity contribution in [2.24, 2.45) is 11.7 Å². The molecule has 1 saturated carbocycles. The summed E-state index contributed by atoms with van der Waals surface area (Å²) in [6.07, 6.45) is 5.49. The molecule has 0 radical (unpaired) electrons. The minimum atomic E-state index is -3.66. The molecule has 0 aromatic heterocycles. The maximum atomic E-state index is 12.5. The molecular formula is C16H25ClN2O3S. The summed E-state index contributed by atoms with van der Waals surface area (Å²) < 4.78 is 27.8. The zero-order valence-electron chi connectivity index (χ0n) is 13.3. The number of ketones is 1. The number of nitrogens with one attached hydrogen (secondary N) is 1. The van der Waals surface area contributed by atoms with E-state index in [1.807, 2.05) is 0 Å². The maximum absolute atomic E-state index is 12.5. The number of rotatable bonds is 6. The Bertz CT molecular complexity index is 628. The SMILES string of the molecule is CC(=O)c1cccc(S(=O)(=O)NC(CN)C2CCCCC2)c1.Cl. The summed E-state index contributed by atoms with van der Waals surface area (Å²) >= 11 is 0. The van der Waals surface area contributed by atoms with Gasteiger partial charge in [0.1, 0.15) is 0 Å². The lowest BCUT2D eigenvalue weighted by Gasteiger charge is -2.29. The molecule has 0 bridgehead atoms. The third kappa shape index (κ3) is 5.28. The minimum absolute atomic E-state index is 0. The zero-order chi connectivity index (χ0) is 16.2. The van der Waals surface area contributed by atoms with E-state index in [-0.39, 0.29) is 35.7 Å². The molecule has 1 fully saturated rings. The van der Waals surface area contributed by atoms with Crippen molar-refractivity contribution in [3.8, 4) is 0 Å². The fraction of sp³-hybridized carbons (Fsp3) is 0.562. The van der Waals surface area contributed by atoms with Crippen LogP contribution >= 0.6 is 12.4 Å². The molecule has 2 rings (SSSR count). The van der Waals surface area contributed by atoms with Gasteiger partial charge in [-0.1, -0.05) is 31.4 Å². The van der Waals surface area contributed by atoms with Crippen molar-refractivity contribution in [3.63, 3.8) is 0 Å². The van der Waals surface area contributed by atoms with E-state index in [4.69, 9.17) is 5.73 Å². The smallest absolute Gasteiger partial charge is 0.240 e. The second-order valence-electron chi connectivity index (χ2n) is 5.95. The number of benzene rings is 1. The number of carbonyl (C=O) groups is 1. The average Bonchev–Trinajstić information content (AvgIpc) is 2.53. The first-order valence-electron chi connectivity index (χ1n) is 7.77. The lowest BCUT2D eigenvalue weighted by molar-refractivity contribution is 0.101. The monoisotopic (exact) mass is 360 g/mol.